The highest BCUT2D eigenvalue weighted by Gasteiger charge is 2.45. The van der Waals surface area contributed by atoms with E-state index in [1.807, 2.05) is 22.8 Å². The van der Waals surface area contributed by atoms with E-state index in [4.69, 9.17) is 4.74 Å². The number of imidazole rings is 1. The van der Waals surface area contributed by atoms with Gasteiger partial charge in [-0.1, -0.05) is 13.0 Å². The zero-order valence-electron chi connectivity index (χ0n) is 17.4. The topological polar surface area (TPSA) is 56.1 Å². The fourth-order valence-corrected chi connectivity index (χ4v) is 4.24. The molecule has 1 aliphatic rings. The van der Waals surface area contributed by atoms with Crippen LogP contribution in [0.15, 0.2) is 24.5 Å². The minimum Gasteiger partial charge on any atom is -0.360 e. The summed E-state index contributed by atoms with van der Waals surface area (Å²) in [7, 11) is -0.555. The van der Waals surface area contributed by atoms with Gasteiger partial charge in [0, 0.05) is 31.6 Å². The Morgan fingerprint density at radius 1 is 1.38 bits per heavy atom. The minimum atomic E-state index is -2.58. The van der Waals surface area contributed by atoms with Gasteiger partial charge in [0.1, 0.15) is 6.73 Å². The van der Waals surface area contributed by atoms with Gasteiger partial charge in [-0.3, -0.25) is 4.79 Å². The summed E-state index contributed by atoms with van der Waals surface area (Å²) in [5.74, 6) is -0.657. The standard InChI is InChI=1S/C21H31F2N3O2S/c1-4-29(2,3)8-7-28-15-26-14-25-18-9-16(5-6-19(18)26)13-24-20(27)10-17-11-21(22,23)12-17/h5-6,9,14,17H,4,7-8,10-13,15H2,1-3H3,(H,24,27). The fraction of sp³-hybridized carbons (Fsp3) is 0.619. The number of fused-ring (bicyclic) bond motifs is 1. The molecule has 1 aliphatic carbocycles. The van der Waals surface area contributed by atoms with E-state index in [1.54, 1.807) is 6.33 Å². The molecular weight excluding hydrogens is 396 g/mol. The maximum absolute atomic E-state index is 12.9. The lowest BCUT2D eigenvalue weighted by atomic mass is 9.79. The van der Waals surface area contributed by atoms with Crippen LogP contribution in [0.25, 0.3) is 11.0 Å². The first-order valence-corrected chi connectivity index (χ1v) is 12.8. The van der Waals surface area contributed by atoms with Gasteiger partial charge >= 0.3 is 0 Å². The number of aromatic nitrogens is 2. The molecule has 1 N–H and O–H groups in total. The number of hydrogen-bond acceptors (Lipinski definition) is 3. The molecule has 1 aromatic carbocycles. The average Bonchev–Trinajstić information content (AvgIpc) is 3.04. The second kappa shape index (κ2) is 9.00. The van der Waals surface area contributed by atoms with Crippen molar-refractivity contribution in [2.24, 2.45) is 5.92 Å². The number of nitrogens with zero attached hydrogens (tertiary/aromatic N) is 2. The van der Waals surface area contributed by atoms with Crippen molar-refractivity contribution >= 4 is 27.0 Å². The molecule has 0 aliphatic heterocycles. The van der Waals surface area contributed by atoms with Crippen LogP contribution in [0, 0.1) is 5.92 Å². The van der Waals surface area contributed by atoms with E-state index in [0.29, 0.717) is 13.3 Å². The Hall–Kier alpha value is -1.67. The summed E-state index contributed by atoms with van der Waals surface area (Å²) in [6.07, 6.45) is 6.23. The molecule has 162 valence electrons. The molecule has 0 radical (unpaired) electrons. The molecule has 1 heterocycles. The van der Waals surface area contributed by atoms with E-state index in [2.05, 4.69) is 29.7 Å². The van der Waals surface area contributed by atoms with Crippen LogP contribution in [0.2, 0.25) is 0 Å². The molecule has 1 aromatic heterocycles. The summed E-state index contributed by atoms with van der Waals surface area (Å²) in [4.78, 5) is 16.4. The summed E-state index contributed by atoms with van der Waals surface area (Å²) < 4.78 is 33.5. The number of benzene rings is 1. The first kappa shape index (κ1) is 22.0. The molecule has 1 fully saturated rings. The van der Waals surface area contributed by atoms with Crippen molar-refractivity contribution in [1.29, 1.82) is 0 Å². The van der Waals surface area contributed by atoms with Gasteiger partial charge in [-0.25, -0.2) is 23.8 Å². The molecule has 0 saturated heterocycles. The summed E-state index contributed by atoms with van der Waals surface area (Å²) in [6.45, 7) is 3.81. The summed E-state index contributed by atoms with van der Waals surface area (Å²) in [5.41, 5.74) is 2.77. The molecule has 1 saturated carbocycles. The van der Waals surface area contributed by atoms with Crippen LogP contribution in [0.3, 0.4) is 0 Å². The summed E-state index contributed by atoms with van der Waals surface area (Å²) in [5, 5.41) is 2.82. The smallest absolute Gasteiger partial charge is 0.248 e. The van der Waals surface area contributed by atoms with Crippen LogP contribution in [-0.4, -0.2) is 52.0 Å². The molecule has 0 spiro atoms. The molecule has 0 bridgehead atoms. The number of nitrogens with one attached hydrogen (secondary N) is 1. The zero-order chi connectivity index (χ0) is 21.1. The van der Waals surface area contributed by atoms with E-state index in [0.717, 1.165) is 29.0 Å². The van der Waals surface area contributed by atoms with Gasteiger partial charge in [0.2, 0.25) is 11.8 Å². The van der Waals surface area contributed by atoms with E-state index < -0.39 is 16.0 Å². The first-order valence-electron chi connectivity index (χ1n) is 10.0. The van der Waals surface area contributed by atoms with Crippen LogP contribution in [0.5, 0.6) is 0 Å². The molecule has 1 amide bonds. The Bertz CT molecular complexity index is 846. The van der Waals surface area contributed by atoms with Crippen molar-refractivity contribution in [1.82, 2.24) is 14.9 Å². The van der Waals surface area contributed by atoms with Crippen molar-refractivity contribution in [2.45, 2.75) is 45.4 Å². The Kier molecular flexibility index (Phi) is 6.83. The van der Waals surface area contributed by atoms with Gasteiger partial charge in [0.25, 0.3) is 0 Å². The third-order valence-electron chi connectivity index (χ3n) is 5.62. The van der Waals surface area contributed by atoms with Crippen molar-refractivity contribution in [2.75, 3.05) is 30.6 Å². The summed E-state index contributed by atoms with van der Waals surface area (Å²) in [6, 6.07) is 5.86. The van der Waals surface area contributed by atoms with Gasteiger partial charge in [-0.2, -0.15) is 0 Å². The highest BCUT2D eigenvalue weighted by molar-refractivity contribution is 8.32. The molecule has 0 atom stereocenters. The fourth-order valence-electron chi connectivity index (χ4n) is 3.38. The number of hydrogen-bond donors (Lipinski definition) is 1. The van der Waals surface area contributed by atoms with E-state index in [1.165, 1.54) is 5.75 Å². The lowest BCUT2D eigenvalue weighted by Crippen LogP contribution is -2.38. The predicted octanol–water partition coefficient (Wildman–Crippen LogP) is 4.15. The average molecular weight is 428 g/mol. The van der Waals surface area contributed by atoms with Crippen LogP contribution in [-0.2, 0) is 22.8 Å². The lowest BCUT2D eigenvalue weighted by Gasteiger charge is -2.34. The molecule has 3 rings (SSSR count). The third kappa shape index (κ3) is 6.15. The maximum Gasteiger partial charge on any atom is 0.248 e. The van der Waals surface area contributed by atoms with Crippen molar-refractivity contribution in [3.8, 4) is 0 Å². The van der Waals surface area contributed by atoms with Gasteiger partial charge in [-0.15, -0.1) is 0 Å². The number of rotatable bonds is 10. The van der Waals surface area contributed by atoms with Crippen molar-refractivity contribution < 1.29 is 18.3 Å². The first-order chi connectivity index (χ1) is 13.7. The second-order valence-corrected chi connectivity index (χ2v) is 13.0. The Morgan fingerprint density at radius 2 is 2.14 bits per heavy atom. The quantitative estimate of drug-likeness (QED) is 0.580. The number of carbonyl (C=O) groups is 1. The predicted molar refractivity (Wildman–Crippen MR) is 115 cm³/mol. The van der Waals surface area contributed by atoms with E-state index >= 15 is 0 Å². The summed E-state index contributed by atoms with van der Waals surface area (Å²) >= 11 is 0. The second-order valence-electron chi connectivity index (χ2n) is 8.45. The van der Waals surface area contributed by atoms with Gasteiger partial charge in [0.05, 0.1) is 24.0 Å². The molecular formula is C21H31F2N3O2S. The van der Waals surface area contributed by atoms with Crippen LogP contribution >= 0.6 is 10.0 Å². The van der Waals surface area contributed by atoms with Crippen molar-refractivity contribution in [3.63, 3.8) is 0 Å². The number of halogens is 2. The lowest BCUT2D eigenvalue weighted by molar-refractivity contribution is -0.133. The number of amides is 1. The monoisotopic (exact) mass is 427 g/mol. The van der Waals surface area contributed by atoms with Gasteiger partial charge in [-0.05, 0) is 41.9 Å². The highest BCUT2D eigenvalue weighted by Crippen LogP contribution is 2.43. The molecule has 0 unspecified atom stereocenters. The Balaban J connectivity index is 1.46. The number of ether oxygens (including phenoxy) is 1. The molecule has 2 aromatic rings. The highest BCUT2D eigenvalue weighted by atomic mass is 32.3. The molecule has 29 heavy (non-hydrogen) atoms. The van der Waals surface area contributed by atoms with Gasteiger partial charge < -0.3 is 14.6 Å². The van der Waals surface area contributed by atoms with Crippen molar-refractivity contribution in [3.05, 3.63) is 30.1 Å². The van der Waals surface area contributed by atoms with Gasteiger partial charge in [0.15, 0.2) is 0 Å². The number of carbonyl (C=O) groups excluding carboxylic acids is 1. The van der Waals surface area contributed by atoms with Crippen LogP contribution < -0.4 is 5.32 Å². The minimum absolute atomic E-state index is 0.167. The Morgan fingerprint density at radius 3 is 2.83 bits per heavy atom. The Labute approximate surface area is 172 Å². The van der Waals surface area contributed by atoms with E-state index in [9.17, 15) is 13.6 Å². The van der Waals surface area contributed by atoms with Crippen LogP contribution in [0.1, 0.15) is 31.7 Å². The normalized spacial score (nSPS) is 17.3. The van der Waals surface area contributed by atoms with Crippen LogP contribution in [0.4, 0.5) is 8.78 Å². The maximum atomic E-state index is 12.9. The molecule has 8 heteroatoms. The zero-order valence-corrected chi connectivity index (χ0v) is 18.2. The molecule has 5 nitrogen and oxygen atoms in total. The third-order valence-corrected chi connectivity index (χ3v) is 8.45. The largest absolute Gasteiger partial charge is 0.360 e. The number of alkyl halides is 2. The van der Waals surface area contributed by atoms with E-state index in [-0.39, 0.29) is 31.1 Å². The SMILES string of the molecule is CCS(C)(C)CCOCn1cnc2cc(CNC(=O)CC3CC(F)(F)C3)ccc21.